The molecule has 4 bridgehead atoms. The van der Waals surface area contributed by atoms with Crippen LogP contribution in [0.3, 0.4) is 0 Å². The Morgan fingerprint density at radius 3 is 2.81 bits per heavy atom. The van der Waals surface area contributed by atoms with Crippen molar-refractivity contribution in [2.24, 2.45) is 5.92 Å². The molecule has 2 aromatic heterocycles. The lowest BCUT2D eigenvalue weighted by Crippen LogP contribution is -2.58. The van der Waals surface area contributed by atoms with Crippen LogP contribution in [0.15, 0.2) is 11.0 Å². The van der Waals surface area contributed by atoms with Crippen LogP contribution in [0, 0.1) is 5.92 Å². The van der Waals surface area contributed by atoms with Gasteiger partial charge >= 0.3 is 5.69 Å². The molecule has 6 nitrogen and oxygen atoms in total. The number of nitrogens with one attached hydrogen (secondary N) is 1. The largest absolute Gasteiger partial charge is 0.375 e. The summed E-state index contributed by atoms with van der Waals surface area (Å²) in [5.41, 5.74) is 1.01. The van der Waals surface area contributed by atoms with Gasteiger partial charge in [-0.05, 0) is 49.6 Å². The van der Waals surface area contributed by atoms with E-state index in [1.54, 1.807) is 6.20 Å². The number of ether oxygens (including phenoxy) is 1. The minimum absolute atomic E-state index is 0.108. The third-order valence-electron chi connectivity index (χ3n) is 5.33. The van der Waals surface area contributed by atoms with E-state index in [1.165, 1.54) is 0 Å². The van der Waals surface area contributed by atoms with Crippen molar-refractivity contribution in [3.05, 3.63) is 22.0 Å². The summed E-state index contributed by atoms with van der Waals surface area (Å²) in [6.07, 6.45) is 7.24. The lowest BCUT2D eigenvalue weighted by molar-refractivity contribution is -0.183. The van der Waals surface area contributed by atoms with Gasteiger partial charge in [-0.2, -0.15) is 4.98 Å². The van der Waals surface area contributed by atoms with Crippen LogP contribution >= 0.6 is 11.6 Å². The number of halogens is 1. The van der Waals surface area contributed by atoms with E-state index in [9.17, 15) is 4.79 Å². The third-order valence-corrected chi connectivity index (χ3v) is 5.51. The molecular formula is C14H15ClN4O2. The molecular weight excluding hydrogens is 292 g/mol. The fourth-order valence-corrected chi connectivity index (χ4v) is 5.01. The maximum Gasteiger partial charge on any atom is 0.328 e. The van der Waals surface area contributed by atoms with Crippen molar-refractivity contribution in [2.45, 2.75) is 49.9 Å². The van der Waals surface area contributed by atoms with Crippen molar-refractivity contribution < 1.29 is 4.74 Å². The summed E-state index contributed by atoms with van der Waals surface area (Å²) >= 11 is 5.93. The Labute approximate surface area is 125 Å². The summed E-state index contributed by atoms with van der Waals surface area (Å²) in [4.78, 5) is 23.6. The van der Waals surface area contributed by atoms with Crippen molar-refractivity contribution in [1.29, 1.82) is 0 Å². The lowest BCUT2D eigenvalue weighted by atomic mass is 9.62. The topological polar surface area (TPSA) is 72.8 Å². The van der Waals surface area contributed by atoms with E-state index in [-0.39, 0.29) is 28.7 Å². The summed E-state index contributed by atoms with van der Waals surface area (Å²) in [7, 11) is 0. The highest BCUT2D eigenvalue weighted by molar-refractivity contribution is 6.28. The number of imidazole rings is 1. The molecule has 6 rings (SSSR count). The molecule has 2 saturated carbocycles. The Morgan fingerprint density at radius 1 is 1.33 bits per heavy atom. The Morgan fingerprint density at radius 2 is 2.10 bits per heavy atom. The molecule has 0 spiro atoms. The molecule has 21 heavy (non-hydrogen) atoms. The lowest BCUT2D eigenvalue weighted by Gasteiger charge is -2.56. The number of nitrogens with zero attached hydrogens (tertiary/aromatic N) is 3. The van der Waals surface area contributed by atoms with Gasteiger partial charge in [-0.25, -0.2) is 9.78 Å². The van der Waals surface area contributed by atoms with Crippen molar-refractivity contribution in [3.8, 4) is 0 Å². The Bertz CT molecular complexity index is 761. The van der Waals surface area contributed by atoms with Gasteiger partial charge in [0, 0.05) is 0 Å². The van der Waals surface area contributed by atoms with E-state index in [4.69, 9.17) is 16.3 Å². The van der Waals surface area contributed by atoms with Crippen molar-refractivity contribution >= 4 is 22.8 Å². The summed E-state index contributed by atoms with van der Waals surface area (Å²) < 4.78 is 7.87. The minimum atomic E-state index is -0.165. The Balaban J connectivity index is 1.75. The highest BCUT2D eigenvalue weighted by atomic mass is 35.5. The number of rotatable bonds is 1. The van der Waals surface area contributed by atoms with E-state index < -0.39 is 0 Å². The minimum Gasteiger partial charge on any atom is -0.375 e. The fourth-order valence-electron chi connectivity index (χ4n) is 4.88. The van der Waals surface area contributed by atoms with Crippen LogP contribution in [0.2, 0.25) is 5.28 Å². The summed E-state index contributed by atoms with van der Waals surface area (Å²) in [6.45, 7) is 0. The van der Waals surface area contributed by atoms with Gasteiger partial charge in [0.2, 0.25) is 5.28 Å². The number of H-pyrrole nitrogens is 1. The zero-order chi connectivity index (χ0) is 14.2. The highest BCUT2D eigenvalue weighted by Crippen LogP contribution is 2.53. The molecule has 4 heterocycles. The van der Waals surface area contributed by atoms with Crippen LogP contribution in [0.25, 0.3) is 11.2 Å². The Kier molecular flexibility index (Phi) is 2.24. The van der Waals surface area contributed by atoms with Gasteiger partial charge in [-0.3, -0.25) is 4.57 Å². The standard InChI is InChI=1S/C14H15ClN4O2/c15-12-16-6-10-11(18-12)19(13(20)17-10)14-3-7-1-8(4-14)21-9(2-7)5-14/h6-9H,1-5H2,(H,17,20). The first kappa shape index (κ1) is 12.2. The van der Waals surface area contributed by atoms with Crippen LogP contribution in [-0.2, 0) is 10.3 Å². The number of aromatic nitrogens is 4. The molecule has 0 radical (unpaired) electrons. The molecule has 2 saturated heterocycles. The molecule has 2 aliphatic heterocycles. The van der Waals surface area contributed by atoms with Crippen LogP contribution in [0.4, 0.5) is 0 Å². The van der Waals surface area contributed by atoms with Crippen LogP contribution in [0.1, 0.15) is 32.1 Å². The van der Waals surface area contributed by atoms with E-state index in [0.29, 0.717) is 17.1 Å². The first-order valence-corrected chi connectivity index (χ1v) is 7.80. The second-order valence-electron chi connectivity index (χ2n) is 6.70. The fraction of sp³-hybridized carbons (Fsp3) is 0.643. The monoisotopic (exact) mass is 306 g/mol. The quantitative estimate of drug-likeness (QED) is 0.816. The predicted octanol–water partition coefficient (Wildman–Crippen LogP) is 1.83. The first-order valence-electron chi connectivity index (χ1n) is 7.42. The molecule has 2 atom stereocenters. The number of aromatic amines is 1. The van der Waals surface area contributed by atoms with Gasteiger partial charge in [-0.15, -0.1) is 0 Å². The highest BCUT2D eigenvalue weighted by Gasteiger charge is 2.54. The summed E-state index contributed by atoms with van der Waals surface area (Å²) in [5.74, 6) is 0.658. The van der Waals surface area contributed by atoms with Crippen molar-refractivity contribution in [2.75, 3.05) is 0 Å². The summed E-state index contributed by atoms with van der Waals surface area (Å²) in [6, 6.07) is 0. The molecule has 0 amide bonds. The van der Waals surface area contributed by atoms with Crippen LogP contribution in [0.5, 0.6) is 0 Å². The molecule has 2 unspecified atom stereocenters. The molecule has 1 N–H and O–H groups in total. The van der Waals surface area contributed by atoms with Crippen LogP contribution < -0.4 is 5.69 Å². The van der Waals surface area contributed by atoms with Crippen LogP contribution in [-0.4, -0.2) is 31.7 Å². The Hall–Kier alpha value is -1.40. The molecule has 4 aliphatic rings. The summed E-state index contributed by atoms with van der Waals surface area (Å²) in [5, 5.41) is 0.177. The first-order chi connectivity index (χ1) is 10.1. The van der Waals surface area contributed by atoms with E-state index in [0.717, 1.165) is 32.1 Å². The number of hydrogen-bond acceptors (Lipinski definition) is 4. The normalized spacial score (nSPS) is 37.5. The zero-order valence-electron chi connectivity index (χ0n) is 11.4. The van der Waals surface area contributed by atoms with Gasteiger partial charge in [0.05, 0.1) is 23.9 Å². The molecule has 2 aliphatic carbocycles. The number of fused-ring (bicyclic) bond motifs is 1. The molecule has 0 aromatic carbocycles. The smallest absolute Gasteiger partial charge is 0.328 e. The van der Waals surface area contributed by atoms with Gasteiger partial charge in [0.25, 0.3) is 0 Å². The predicted molar refractivity (Wildman–Crippen MR) is 76.4 cm³/mol. The van der Waals surface area contributed by atoms with E-state index in [1.807, 2.05) is 4.57 Å². The maximum atomic E-state index is 12.5. The van der Waals surface area contributed by atoms with E-state index >= 15 is 0 Å². The van der Waals surface area contributed by atoms with Gasteiger partial charge in [-0.1, -0.05) is 0 Å². The number of hydrogen-bond donors (Lipinski definition) is 1. The molecule has 7 heteroatoms. The maximum absolute atomic E-state index is 12.5. The van der Waals surface area contributed by atoms with Crippen molar-refractivity contribution in [1.82, 2.24) is 19.5 Å². The van der Waals surface area contributed by atoms with Crippen molar-refractivity contribution in [3.63, 3.8) is 0 Å². The average Bonchev–Trinajstić information content (AvgIpc) is 2.72. The second kappa shape index (κ2) is 3.87. The SMILES string of the molecule is O=c1[nH]c2cnc(Cl)nc2n1C12CC3CC(C1)OC(C3)C2. The zero-order valence-corrected chi connectivity index (χ0v) is 12.1. The average molecular weight is 307 g/mol. The van der Waals surface area contributed by atoms with Gasteiger partial charge < -0.3 is 9.72 Å². The molecule has 110 valence electrons. The second-order valence-corrected chi connectivity index (χ2v) is 7.03. The van der Waals surface area contributed by atoms with E-state index in [2.05, 4.69) is 15.0 Å². The molecule has 4 fully saturated rings. The molecule has 2 aromatic rings. The van der Waals surface area contributed by atoms with Gasteiger partial charge in [0.15, 0.2) is 5.65 Å². The van der Waals surface area contributed by atoms with Gasteiger partial charge in [0.1, 0.15) is 5.52 Å². The third kappa shape index (κ3) is 1.60.